The van der Waals surface area contributed by atoms with Crippen LogP contribution in [0, 0.1) is 0 Å². The lowest BCUT2D eigenvalue weighted by Gasteiger charge is -2.32. The SMILES string of the molecule is CN(C)S(=O)(=O)c1ccc(CN(CCCO)C(c2ccccc2)c2ccccc2)o1. The first-order chi connectivity index (χ1) is 14.4. The quantitative estimate of drug-likeness (QED) is 0.535. The Morgan fingerprint density at radius 2 is 1.47 bits per heavy atom. The normalized spacial score (nSPS) is 12.2. The fraction of sp³-hybridized carbons (Fsp3) is 0.304. The maximum atomic E-state index is 12.4. The molecule has 1 aromatic heterocycles. The Morgan fingerprint density at radius 1 is 0.900 bits per heavy atom. The summed E-state index contributed by atoms with van der Waals surface area (Å²) in [7, 11) is -0.669. The third-order valence-corrected chi connectivity index (χ3v) is 6.62. The number of hydrogen-bond acceptors (Lipinski definition) is 5. The van der Waals surface area contributed by atoms with Gasteiger partial charge in [-0.15, -0.1) is 0 Å². The Balaban J connectivity index is 1.96. The molecule has 0 aliphatic heterocycles. The summed E-state index contributed by atoms with van der Waals surface area (Å²) in [5.74, 6) is 0.560. The van der Waals surface area contributed by atoms with E-state index in [1.54, 1.807) is 6.07 Å². The third-order valence-electron chi connectivity index (χ3n) is 4.93. The molecule has 6 nitrogen and oxygen atoms in total. The van der Waals surface area contributed by atoms with Crippen molar-refractivity contribution in [2.45, 2.75) is 24.1 Å². The van der Waals surface area contributed by atoms with Gasteiger partial charge < -0.3 is 9.52 Å². The first-order valence-electron chi connectivity index (χ1n) is 9.89. The van der Waals surface area contributed by atoms with Gasteiger partial charge in [0.05, 0.1) is 12.6 Å². The van der Waals surface area contributed by atoms with E-state index in [0.29, 0.717) is 25.3 Å². The number of benzene rings is 2. The summed E-state index contributed by atoms with van der Waals surface area (Å²) in [6, 6.07) is 23.4. The Kier molecular flexibility index (Phi) is 7.44. The summed E-state index contributed by atoms with van der Waals surface area (Å²) in [6.45, 7) is 1.12. The largest absolute Gasteiger partial charge is 0.447 e. The average Bonchev–Trinajstić information content (AvgIpc) is 3.23. The van der Waals surface area contributed by atoms with Crippen molar-refractivity contribution < 1.29 is 17.9 Å². The zero-order valence-electron chi connectivity index (χ0n) is 17.3. The van der Waals surface area contributed by atoms with Gasteiger partial charge >= 0.3 is 0 Å². The van der Waals surface area contributed by atoms with Crippen LogP contribution >= 0.6 is 0 Å². The van der Waals surface area contributed by atoms with Gasteiger partial charge in [-0.05, 0) is 29.7 Å². The van der Waals surface area contributed by atoms with Crippen molar-refractivity contribution in [2.75, 3.05) is 27.2 Å². The first kappa shape index (κ1) is 22.2. The van der Waals surface area contributed by atoms with E-state index in [1.807, 2.05) is 36.4 Å². The molecule has 30 heavy (non-hydrogen) atoms. The van der Waals surface area contributed by atoms with Crippen molar-refractivity contribution in [3.63, 3.8) is 0 Å². The predicted octanol–water partition coefficient (Wildman–Crippen LogP) is 3.50. The summed E-state index contributed by atoms with van der Waals surface area (Å²) >= 11 is 0. The molecule has 1 N–H and O–H groups in total. The van der Waals surface area contributed by atoms with Gasteiger partial charge in [0.25, 0.3) is 10.0 Å². The molecule has 0 aliphatic rings. The van der Waals surface area contributed by atoms with Crippen molar-refractivity contribution in [1.29, 1.82) is 0 Å². The Morgan fingerprint density at radius 3 is 1.97 bits per heavy atom. The fourth-order valence-electron chi connectivity index (χ4n) is 3.42. The van der Waals surface area contributed by atoms with Crippen molar-refractivity contribution in [3.8, 4) is 0 Å². The Hall–Kier alpha value is -2.45. The van der Waals surface area contributed by atoms with Crippen molar-refractivity contribution in [2.24, 2.45) is 0 Å². The highest BCUT2D eigenvalue weighted by Crippen LogP contribution is 2.31. The van der Waals surface area contributed by atoms with E-state index in [9.17, 15) is 13.5 Å². The van der Waals surface area contributed by atoms with Gasteiger partial charge in [-0.3, -0.25) is 4.90 Å². The van der Waals surface area contributed by atoms with Crippen LogP contribution in [0.2, 0.25) is 0 Å². The van der Waals surface area contributed by atoms with Crippen molar-refractivity contribution in [3.05, 3.63) is 89.7 Å². The molecule has 2 aromatic carbocycles. The lowest BCUT2D eigenvalue weighted by Crippen LogP contribution is -2.30. The number of hydrogen-bond donors (Lipinski definition) is 1. The lowest BCUT2D eigenvalue weighted by atomic mass is 9.96. The number of furan rings is 1. The molecule has 0 spiro atoms. The monoisotopic (exact) mass is 428 g/mol. The summed E-state index contributed by atoms with van der Waals surface area (Å²) in [4.78, 5) is 2.20. The second-order valence-electron chi connectivity index (χ2n) is 7.28. The molecule has 3 rings (SSSR count). The minimum Gasteiger partial charge on any atom is -0.447 e. The maximum Gasteiger partial charge on any atom is 0.275 e. The average molecular weight is 429 g/mol. The molecule has 3 aromatic rings. The van der Waals surface area contributed by atoms with Crippen molar-refractivity contribution >= 4 is 10.0 Å². The highest BCUT2D eigenvalue weighted by Gasteiger charge is 2.25. The van der Waals surface area contributed by atoms with Crippen LogP contribution < -0.4 is 0 Å². The molecule has 0 saturated heterocycles. The number of sulfonamides is 1. The molecule has 0 atom stereocenters. The Labute approximate surface area is 178 Å². The number of nitrogens with zero attached hydrogens (tertiary/aromatic N) is 2. The molecular weight excluding hydrogens is 400 g/mol. The number of aliphatic hydroxyl groups excluding tert-OH is 1. The summed E-state index contributed by atoms with van der Waals surface area (Å²) in [5, 5.41) is 9.37. The van der Waals surface area contributed by atoms with Crippen LogP contribution in [0.1, 0.15) is 29.3 Å². The van der Waals surface area contributed by atoms with Gasteiger partial charge in [0.2, 0.25) is 5.09 Å². The maximum absolute atomic E-state index is 12.4. The van der Waals surface area contributed by atoms with E-state index < -0.39 is 10.0 Å². The molecule has 0 saturated carbocycles. The molecule has 0 bridgehead atoms. The molecule has 1 heterocycles. The topological polar surface area (TPSA) is 74.0 Å². The van der Waals surface area contributed by atoms with Crippen LogP contribution in [0.25, 0.3) is 0 Å². The zero-order chi connectivity index (χ0) is 21.6. The second kappa shape index (κ2) is 10.0. The molecule has 0 aliphatic carbocycles. The predicted molar refractivity (Wildman–Crippen MR) is 116 cm³/mol. The van der Waals surface area contributed by atoms with Crippen LogP contribution in [0.15, 0.2) is 82.3 Å². The summed E-state index contributed by atoms with van der Waals surface area (Å²) < 4.78 is 31.6. The molecule has 7 heteroatoms. The van der Waals surface area contributed by atoms with E-state index in [2.05, 4.69) is 29.2 Å². The fourth-order valence-corrected chi connectivity index (χ4v) is 4.23. The van der Waals surface area contributed by atoms with Gasteiger partial charge in [-0.1, -0.05) is 60.7 Å². The van der Waals surface area contributed by atoms with Gasteiger partial charge in [0, 0.05) is 27.2 Å². The van der Waals surface area contributed by atoms with Gasteiger partial charge in [0.1, 0.15) is 5.76 Å². The minimum absolute atomic E-state index is 0.0574. The lowest BCUT2D eigenvalue weighted by molar-refractivity contribution is 0.172. The van der Waals surface area contributed by atoms with Crippen LogP contribution in [0.5, 0.6) is 0 Å². The standard InChI is InChI=1S/C23H28N2O4S/c1-24(2)30(27,28)22-15-14-21(29-22)18-25(16-9-17-26)23(19-10-5-3-6-11-19)20-12-7-4-8-13-20/h3-8,10-15,23,26H,9,16-18H2,1-2H3. The summed E-state index contributed by atoms with van der Waals surface area (Å²) in [6.07, 6.45) is 0.597. The molecule has 0 radical (unpaired) electrons. The molecule has 0 unspecified atom stereocenters. The highest BCUT2D eigenvalue weighted by atomic mass is 32.2. The van der Waals surface area contributed by atoms with Crippen molar-refractivity contribution in [1.82, 2.24) is 9.21 Å². The van der Waals surface area contributed by atoms with E-state index >= 15 is 0 Å². The number of aliphatic hydroxyl groups is 1. The highest BCUT2D eigenvalue weighted by molar-refractivity contribution is 7.88. The molecule has 160 valence electrons. The van der Waals surface area contributed by atoms with Crippen LogP contribution in [-0.4, -0.2) is 50.0 Å². The second-order valence-corrected chi connectivity index (χ2v) is 9.36. The Bertz CT molecular complexity index is 978. The van der Waals surface area contributed by atoms with E-state index in [4.69, 9.17) is 4.42 Å². The molecule has 0 fully saturated rings. The van der Waals surface area contributed by atoms with E-state index in [0.717, 1.165) is 15.4 Å². The minimum atomic E-state index is -3.63. The smallest absolute Gasteiger partial charge is 0.275 e. The van der Waals surface area contributed by atoms with Gasteiger partial charge in [-0.2, -0.15) is 0 Å². The zero-order valence-corrected chi connectivity index (χ0v) is 18.1. The molecular formula is C23H28N2O4S. The number of rotatable bonds is 10. The first-order valence-corrected chi connectivity index (χ1v) is 11.3. The van der Waals surface area contributed by atoms with E-state index in [-0.39, 0.29) is 17.7 Å². The van der Waals surface area contributed by atoms with Gasteiger partial charge in [-0.25, -0.2) is 12.7 Å². The van der Waals surface area contributed by atoms with Crippen LogP contribution in [0.4, 0.5) is 0 Å². The molecule has 0 amide bonds. The van der Waals surface area contributed by atoms with Gasteiger partial charge in [0.15, 0.2) is 0 Å². The van der Waals surface area contributed by atoms with Crippen LogP contribution in [-0.2, 0) is 16.6 Å². The van der Waals surface area contributed by atoms with E-state index in [1.165, 1.54) is 20.2 Å². The summed E-state index contributed by atoms with van der Waals surface area (Å²) in [5.41, 5.74) is 2.24. The van der Waals surface area contributed by atoms with Crippen LogP contribution in [0.3, 0.4) is 0 Å². The third kappa shape index (κ3) is 5.17.